The summed E-state index contributed by atoms with van der Waals surface area (Å²) in [4.78, 5) is 0. The number of allylic oxidation sites excluding steroid dienone is 1. The molecule has 1 rings (SSSR count). The maximum atomic E-state index is 4.03. The van der Waals surface area contributed by atoms with Gasteiger partial charge in [0.2, 0.25) is 0 Å². The van der Waals surface area contributed by atoms with Gasteiger partial charge in [-0.2, -0.15) is 0 Å². The lowest BCUT2D eigenvalue weighted by molar-refractivity contribution is 0.485. The fourth-order valence-corrected chi connectivity index (χ4v) is 1.88. The van der Waals surface area contributed by atoms with Gasteiger partial charge in [0.25, 0.3) is 0 Å². The van der Waals surface area contributed by atoms with Crippen molar-refractivity contribution in [2.24, 2.45) is 5.92 Å². The van der Waals surface area contributed by atoms with Crippen molar-refractivity contribution in [2.45, 2.75) is 33.7 Å². The molecule has 0 aliphatic heterocycles. The first-order valence-corrected chi connectivity index (χ1v) is 6.63. The molecule has 98 valence electrons. The van der Waals surface area contributed by atoms with E-state index in [0.29, 0.717) is 12.0 Å². The molecule has 0 amide bonds. The molecular weight excluding hydrogens is 218 g/mol. The molecule has 0 bridgehead atoms. The Morgan fingerprint density at radius 2 is 1.94 bits per heavy atom. The summed E-state index contributed by atoms with van der Waals surface area (Å²) >= 11 is 0. The van der Waals surface area contributed by atoms with Gasteiger partial charge in [-0.05, 0) is 30.2 Å². The molecule has 1 heteroatoms. The summed E-state index contributed by atoms with van der Waals surface area (Å²) in [6.07, 6.45) is 4.51. The largest absolute Gasteiger partial charge is 0.307 e. The Hall–Kier alpha value is -1.34. The van der Waals surface area contributed by atoms with Gasteiger partial charge in [-0.3, -0.25) is 0 Å². The molecule has 1 aromatic carbocycles. The average Bonchev–Trinajstić information content (AvgIpc) is 2.29. The highest BCUT2D eigenvalue weighted by atomic mass is 14.9. The highest BCUT2D eigenvalue weighted by Crippen LogP contribution is 2.05. The molecule has 0 aliphatic carbocycles. The first kappa shape index (κ1) is 14.7. The smallest absolute Gasteiger partial charge is 0.0278 e. The third kappa shape index (κ3) is 4.89. The average molecular weight is 243 g/mol. The van der Waals surface area contributed by atoms with Gasteiger partial charge < -0.3 is 5.32 Å². The second-order valence-corrected chi connectivity index (χ2v) is 5.33. The van der Waals surface area contributed by atoms with Gasteiger partial charge in [0.05, 0.1) is 0 Å². The lowest BCUT2D eigenvalue weighted by Crippen LogP contribution is -2.34. The standard InChI is InChI=1S/C17H25N/c1-13(2)12-17(14(3)4)18-11-10-16-9-7-6-8-15(16)5/h6-10,12,14,17-18H,5,11H2,1-4H3/b16-10-. The Labute approximate surface area is 111 Å². The zero-order valence-corrected chi connectivity index (χ0v) is 12.0. The minimum Gasteiger partial charge on any atom is -0.307 e. The second kappa shape index (κ2) is 7.17. The highest BCUT2D eigenvalue weighted by molar-refractivity contribution is 5.28. The summed E-state index contributed by atoms with van der Waals surface area (Å²) in [5, 5.41) is 5.86. The topological polar surface area (TPSA) is 12.0 Å². The minimum atomic E-state index is 0.434. The highest BCUT2D eigenvalue weighted by Gasteiger charge is 2.07. The second-order valence-electron chi connectivity index (χ2n) is 5.33. The molecule has 0 saturated carbocycles. The van der Waals surface area contributed by atoms with Crippen LogP contribution in [0.25, 0.3) is 12.7 Å². The van der Waals surface area contributed by atoms with E-state index >= 15 is 0 Å². The van der Waals surface area contributed by atoms with E-state index in [-0.39, 0.29) is 0 Å². The van der Waals surface area contributed by atoms with E-state index < -0.39 is 0 Å². The van der Waals surface area contributed by atoms with Crippen LogP contribution in [0.2, 0.25) is 0 Å². The van der Waals surface area contributed by atoms with E-state index in [0.717, 1.165) is 11.8 Å². The van der Waals surface area contributed by atoms with Gasteiger partial charge in [-0.15, -0.1) is 0 Å². The maximum absolute atomic E-state index is 4.03. The molecule has 0 saturated heterocycles. The zero-order valence-electron chi connectivity index (χ0n) is 12.0. The molecule has 0 heterocycles. The van der Waals surface area contributed by atoms with Crippen molar-refractivity contribution in [1.82, 2.24) is 5.32 Å². The molecule has 1 nitrogen and oxygen atoms in total. The minimum absolute atomic E-state index is 0.434. The van der Waals surface area contributed by atoms with Gasteiger partial charge in [-0.1, -0.05) is 62.4 Å². The van der Waals surface area contributed by atoms with Crippen molar-refractivity contribution in [3.8, 4) is 0 Å². The third-order valence-electron chi connectivity index (χ3n) is 2.96. The van der Waals surface area contributed by atoms with Crippen LogP contribution in [0.15, 0.2) is 35.9 Å². The van der Waals surface area contributed by atoms with E-state index in [4.69, 9.17) is 0 Å². The lowest BCUT2D eigenvalue weighted by atomic mass is 10.0. The fourth-order valence-electron chi connectivity index (χ4n) is 1.88. The van der Waals surface area contributed by atoms with Crippen LogP contribution in [0, 0.1) is 5.92 Å². The van der Waals surface area contributed by atoms with E-state index in [9.17, 15) is 0 Å². The number of hydrogen-bond acceptors (Lipinski definition) is 1. The van der Waals surface area contributed by atoms with Crippen LogP contribution in [0.1, 0.15) is 27.7 Å². The molecule has 0 aromatic heterocycles. The Balaban J connectivity index is 2.70. The Bertz CT molecular complexity index is 493. The summed E-state index contributed by atoms with van der Waals surface area (Å²) in [6.45, 7) is 13.7. The molecule has 0 fully saturated rings. The van der Waals surface area contributed by atoms with Crippen molar-refractivity contribution in [3.63, 3.8) is 0 Å². The maximum Gasteiger partial charge on any atom is 0.0278 e. The van der Waals surface area contributed by atoms with Crippen LogP contribution < -0.4 is 15.8 Å². The molecule has 0 spiro atoms. The molecule has 1 N–H and O–H groups in total. The monoisotopic (exact) mass is 243 g/mol. The van der Waals surface area contributed by atoms with Gasteiger partial charge >= 0.3 is 0 Å². The first-order valence-electron chi connectivity index (χ1n) is 6.63. The van der Waals surface area contributed by atoms with Crippen molar-refractivity contribution in [2.75, 3.05) is 6.54 Å². The number of benzene rings is 1. The summed E-state index contributed by atoms with van der Waals surface area (Å²) in [7, 11) is 0. The third-order valence-corrected chi connectivity index (χ3v) is 2.96. The number of nitrogens with one attached hydrogen (secondary N) is 1. The summed E-state index contributed by atoms with van der Waals surface area (Å²) in [5.41, 5.74) is 1.36. The Morgan fingerprint density at radius 3 is 2.50 bits per heavy atom. The lowest BCUT2D eigenvalue weighted by Gasteiger charge is -2.18. The SMILES string of the molecule is C=c1cccc/c1=C/CNC(C=C(C)C)C(C)C. The number of hydrogen-bond donors (Lipinski definition) is 1. The van der Waals surface area contributed by atoms with Crippen LogP contribution in [0.5, 0.6) is 0 Å². The molecule has 0 aliphatic rings. The normalized spacial score (nSPS) is 13.7. The van der Waals surface area contributed by atoms with E-state index in [1.165, 1.54) is 10.8 Å². The van der Waals surface area contributed by atoms with Crippen molar-refractivity contribution in [1.29, 1.82) is 0 Å². The zero-order chi connectivity index (χ0) is 13.5. The van der Waals surface area contributed by atoms with Crippen LogP contribution in [0.3, 0.4) is 0 Å². The van der Waals surface area contributed by atoms with Crippen molar-refractivity contribution >= 4 is 12.7 Å². The summed E-state index contributed by atoms with van der Waals surface area (Å²) in [6, 6.07) is 8.66. The van der Waals surface area contributed by atoms with E-state index in [2.05, 4.69) is 63.9 Å². The molecular formula is C17H25N. The Morgan fingerprint density at radius 1 is 1.28 bits per heavy atom. The molecule has 1 atom stereocenters. The van der Waals surface area contributed by atoms with Gasteiger partial charge in [0.15, 0.2) is 0 Å². The predicted octanol–water partition coefficient (Wildman–Crippen LogP) is 2.46. The fraction of sp³-hybridized carbons (Fsp3) is 0.412. The summed E-state index contributed by atoms with van der Waals surface area (Å²) < 4.78 is 0. The van der Waals surface area contributed by atoms with Crippen molar-refractivity contribution in [3.05, 3.63) is 46.4 Å². The van der Waals surface area contributed by atoms with Crippen molar-refractivity contribution < 1.29 is 0 Å². The van der Waals surface area contributed by atoms with Gasteiger partial charge in [0, 0.05) is 12.6 Å². The molecule has 0 radical (unpaired) electrons. The quantitative estimate of drug-likeness (QED) is 0.783. The van der Waals surface area contributed by atoms with Crippen LogP contribution in [0.4, 0.5) is 0 Å². The molecule has 1 aromatic rings. The summed E-state index contributed by atoms with van der Waals surface area (Å²) in [5.74, 6) is 0.600. The van der Waals surface area contributed by atoms with Crippen LogP contribution in [-0.2, 0) is 0 Å². The van der Waals surface area contributed by atoms with Crippen LogP contribution in [-0.4, -0.2) is 12.6 Å². The predicted molar refractivity (Wildman–Crippen MR) is 81.7 cm³/mol. The van der Waals surface area contributed by atoms with Gasteiger partial charge in [0.1, 0.15) is 0 Å². The van der Waals surface area contributed by atoms with E-state index in [1.54, 1.807) is 0 Å². The van der Waals surface area contributed by atoms with Gasteiger partial charge in [-0.25, -0.2) is 0 Å². The van der Waals surface area contributed by atoms with Crippen LogP contribution >= 0.6 is 0 Å². The van der Waals surface area contributed by atoms with E-state index in [1.807, 2.05) is 12.1 Å². The molecule has 1 unspecified atom stereocenters. The molecule has 18 heavy (non-hydrogen) atoms. The first-order chi connectivity index (χ1) is 8.50. The Kier molecular flexibility index (Phi) is 5.87. The number of rotatable bonds is 5.